The molecule has 0 N–H and O–H groups in total. The van der Waals surface area contributed by atoms with E-state index in [2.05, 4.69) is 17.0 Å². The molecule has 0 saturated carbocycles. The molecule has 2 aromatic heterocycles. The highest BCUT2D eigenvalue weighted by molar-refractivity contribution is 7.88. The third-order valence-electron chi connectivity index (χ3n) is 4.38. The number of rotatable bonds is 5. The van der Waals surface area contributed by atoms with E-state index in [4.69, 9.17) is 4.98 Å². The van der Waals surface area contributed by atoms with Crippen LogP contribution in [0.2, 0.25) is 0 Å². The Morgan fingerprint density at radius 3 is 2.62 bits per heavy atom. The third kappa shape index (κ3) is 3.81. The van der Waals surface area contributed by atoms with Crippen LogP contribution >= 0.6 is 0 Å². The van der Waals surface area contributed by atoms with Gasteiger partial charge in [-0.25, -0.2) is 17.7 Å². The second-order valence-electron chi connectivity index (χ2n) is 6.26. The molecular formula is C16H23N5O2S. The predicted molar refractivity (Wildman–Crippen MR) is 91.9 cm³/mol. The molecule has 0 aromatic carbocycles. The second kappa shape index (κ2) is 6.98. The highest BCUT2D eigenvalue weighted by Crippen LogP contribution is 2.28. The quantitative estimate of drug-likeness (QED) is 0.823. The van der Waals surface area contributed by atoms with Crippen LogP contribution in [0.1, 0.15) is 37.8 Å². The Labute approximate surface area is 142 Å². The van der Waals surface area contributed by atoms with Crippen molar-refractivity contribution in [2.75, 3.05) is 19.3 Å². The minimum atomic E-state index is -3.10. The first-order chi connectivity index (χ1) is 11.5. The van der Waals surface area contributed by atoms with Crippen molar-refractivity contribution in [3.63, 3.8) is 0 Å². The van der Waals surface area contributed by atoms with Gasteiger partial charge in [0.05, 0.1) is 30.0 Å². The summed E-state index contributed by atoms with van der Waals surface area (Å²) in [7, 11) is -3.10. The van der Waals surface area contributed by atoms with E-state index in [1.165, 1.54) is 10.6 Å². The van der Waals surface area contributed by atoms with Gasteiger partial charge in [-0.3, -0.25) is 9.67 Å². The molecule has 0 aliphatic carbocycles. The molecule has 0 atom stereocenters. The van der Waals surface area contributed by atoms with Crippen molar-refractivity contribution in [1.29, 1.82) is 0 Å². The molecule has 0 spiro atoms. The van der Waals surface area contributed by atoms with Gasteiger partial charge >= 0.3 is 0 Å². The molecule has 1 fully saturated rings. The van der Waals surface area contributed by atoms with Crippen LogP contribution in [0.4, 0.5) is 0 Å². The molecule has 1 aliphatic heterocycles. The van der Waals surface area contributed by atoms with Crippen LogP contribution in [0.25, 0.3) is 11.3 Å². The molecular weight excluding hydrogens is 326 g/mol. The summed E-state index contributed by atoms with van der Waals surface area (Å²) in [6.07, 6.45) is 11.2. The maximum absolute atomic E-state index is 11.6. The van der Waals surface area contributed by atoms with Gasteiger partial charge in [0.2, 0.25) is 10.0 Å². The summed E-state index contributed by atoms with van der Waals surface area (Å²) in [4.78, 5) is 9.07. The minimum absolute atomic E-state index is 0.251. The topological polar surface area (TPSA) is 81.0 Å². The van der Waals surface area contributed by atoms with Crippen LogP contribution in [-0.2, 0) is 16.6 Å². The number of sulfonamides is 1. The van der Waals surface area contributed by atoms with Crippen molar-refractivity contribution in [2.24, 2.45) is 0 Å². The molecule has 3 heterocycles. The number of piperidine rings is 1. The van der Waals surface area contributed by atoms with Crippen molar-refractivity contribution >= 4 is 10.0 Å². The number of hydrogen-bond donors (Lipinski definition) is 0. The molecule has 1 saturated heterocycles. The molecule has 0 radical (unpaired) electrons. The van der Waals surface area contributed by atoms with E-state index in [1.807, 2.05) is 17.1 Å². The maximum atomic E-state index is 11.6. The Morgan fingerprint density at radius 2 is 1.96 bits per heavy atom. The fourth-order valence-corrected chi connectivity index (χ4v) is 3.92. The first-order valence-corrected chi connectivity index (χ1v) is 10.1. The van der Waals surface area contributed by atoms with Crippen molar-refractivity contribution < 1.29 is 8.42 Å². The number of nitrogens with zero attached hydrogens (tertiary/aromatic N) is 5. The molecule has 1 aliphatic rings. The molecule has 7 nitrogen and oxygen atoms in total. The summed E-state index contributed by atoms with van der Waals surface area (Å²) in [6, 6.07) is 0. The molecule has 0 unspecified atom stereocenters. The van der Waals surface area contributed by atoms with Crippen molar-refractivity contribution in [2.45, 2.75) is 38.6 Å². The highest BCUT2D eigenvalue weighted by Gasteiger charge is 2.26. The van der Waals surface area contributed by atoms with Crippen LogP contribution in [-0.4, -0.2) is 51.8 Å². The zero-order valence-corrected chi connectivity index (χ0v) is 14.9. The van der Waals surface area contributed by atoms with Gasteiger partial charge in [0.15, 0.2) is 0 Å². The lowest BCUT2D eigenvalue weighted by Gasteiger charge is -2.29. The van der Waals surface area contributed by atoms with E-state index >= 15 is 0 Å². The smallest absolute Gasteiger partial charge is 0.211 e. The van der Waals surface area contributed by atoms with E-state index < -0.39 is 10.0 Å². The molecule has 24 heavy (non-hydrogen) atoms. The molecule has 0 amide bonds. The van der Waals surface area contributed by atoms with E-state index in [-0.39, 0.29) is 5.92 Å². The SMILES string of the molecule is CCCn1cc(-c2cncc(C3CCN(S(C)(=O)=O)CC3)n2)cn1. The first-order valence-electron chi connectivity index (χ1n) is 8.27. The summed E-state index contributed by atoms with van der Waals surface area (Å²) < 4.78 is 26.7. The summed E-state index contributed by atoms with van der Waals surface area (Å²) in [5, 5.41) is 4.34. The normalized spacial score (nSPS) is 17.2. The standard InChI is InChI=1S/C16H23N5O2S/c1-3-6-20-12-14(9-18-20)16-11-17-10-15(19-16)13-4-7-21(8-5-13)24(2,22)23/h9-13H,3-8H2,1-2H3. The number of aryl methyl sites for hydroxylation is 1. The van der Waals surface area contributed by atoms with Gasteiger partial charge in [0, 0.05) is 43.5 Å². The molecule has 0 bridgehead atoms. The summed E-state index contributed by atoms with van der Waals surface area (Å²) >= 11 is 0. The Morgan fingerprint density at radius 1 is 1.21 bits per heavy atom. The van der Waals surface area contributed by atoms with Crippen molar-refractivity contribution in [1.82, 2.24) is 24.1 Å². The van der Waals surface area contributed by atoms with Crippen LogP contribution < -0.4 is 0 Å². The fourth-order valence-electron chi connectivity index (χ4n) is 3.05. The molecule has 2 aromatic rings. The Bertz CT molecular complexity index is 794. The van der Waals surface area contributed by atoms with Crippen LogP contribution in [0.5, 0.6) is 0 Å². The van der Waals surface area contributed by atoms with Gasteiger partial charge in [-0.15, -0.1) is 0 Å². The van der Waals surface area contributed by atoms with Gasteiger partial charge in [-0.2, -0.15) is 5.10 Å². The number of hydrogen-bond acceptors (Lipinski definition) is 5. The number of aromatic nitrogens is 4. The van der Waals surface area contributed by atoms with Crippen LogP contribution in [0, 0.1) is 0 Å². The summed E-state index contributed by atoms with van der Waals surface area (Å²) in [6.45, 7) is 4.09. The average molecular weight is 349 g/mol. The predicted octanol–water partition coefficient (Wildman–Crippen LogP) is 1.89. The van der Waals surface area contributed by atoms with Crippen LogP contribution in [0.3, 0.4) is 0 Å². The zero-order valence-electron chi connectivity index (χ0n) is 14.1. The lowest BCUT2D eigenvalue weighted by Crippen LogP contribution is -2.37. The molecule has 130 valence electrons. The molecule has 8 heteroatoms. The third-order valence-corrected chi connectivity index (χ3v) is 5.68. The summed E-state index contributed by atoms with van der Waals surface area (Å²) in [5.74, 6) is 0.251. The zero-order chi connectivity index (χ0) is 17.2. The fraction of sp³-hybridized carbons (Fsp3) is 0.562. The minimum Gasteiger partial charge on any atom is -0.272 e. The lowest BCUT2D eigenvalue weighted by molar-refractivity contribution is 0.318. The van der Waals surface area contributed by atoms with E-state index in [0.717, 1.165) is 42.8 Å². The highest BCUT2D eigenvalue weighted by atomic mass is 32.2. The van der Waals surface area contributed by atoms with E-state index in [9.17, 15) is 8.42 Å². The second-order valence-corrected chi connectivity index (χ2v) is 8.24. The van der Waals surface area contributed by atoms with Gasteiger partial charge < -0.3 is 0 Å². The van der Waals surface area contributed by atoms with Gasteiger partial charge in [0.1, 0.15) is 0 Å². The van der Waals surface area contributed by atoms with Crippen molar-refractivity contribution in [3.05, 3.63) is 30.5 Å². The Kier molecular flexibility index (Phi) is 4.96. The largest absolute Gasteiger partial charge is 0.272 e. The Balaban J connectivity index is 1.74. The Hall–Kier alpha value is -1.80. The maximum Gasteiger partial charge on any atom is 0.211 e. The van der Waals surface area contributed by atoms with Crippen LogP contribution in [0.15, 0.2) is 24.8 Å². The lowest BCUT2D eigenvalue weighted by atomic mass is 9.95. The average Bonchev–Trinajstić information content (AvgIpc) is 3.03. The molecule has 3 rings (SSSR count). The van der Waals surface area contributed by atoms with Crippen molar-refractivity contribution in [3.8, 4) is 11.3 Å². The van der Waals surface area contributed by atoms with E-state index in [0.29, 0.717) is 13.1 Å². The monoisotopic (exact) mass is 349 g/mol. The van der Waals surface area contributed by atoms with Gasteiger partial charge in [-0.05, 0) is 19.3 Å². The summed E-state index contributed by atoms with van der Waals surface area (Å²) in [5.41, 5.74) is 2.72. The van der Waals surface area contributed by atoms with Gasteiger partial charge in [0.25, 0.3) is 0 Å². The van der Waals surface area contributed by atoms with Gasteiger partial charge in [-0.1, -0.05) is 6.92 Å². The first kappa shape index (κ1) is 17.0. The van der Waals surface area contributed by atoms with E-state index in [1.54, 1.807) is 12.4 Å².